The van der Waals surface area contributed by atoms with Gasteiger partial charge in [-0.3, -0.25) is 0 Å². The van der Waals surface area contributed by atoms with Gasteiger partial charge in [0.2, 0.25) is 0 Å². The van der Waals surface area contributed by atoms with E-state index in [1.807, 2.05) is 25.3 Å². The second kappa shape index (κ2) is 7.85. The van der Waals surface area contributed by atoms with Crippen LogP contribution in [0.3, 0.4) is 0 Å². The topological polar surface area (TPSA) is 21.3 Å². The molecule has 15 heavy (non-hydrogen) atoms. The highest BCUT2D eigenvalue weighted by molar-refractivity contribution is 7.09. The summed E-state index contributed by atoms with van der Waals surface area (Å²) in [6.07, 6.45) is 3.62. The van der Waals surface area contributed by atoms with Crippen molar-refractivity contribution in [3.05, 3.63) is 22.4 Å². The Hall–Kier alpha value is -0.380. The van der Waals surface area contributed by atoms with Gasteiger partial charge in [-0.1, -0.05) is 6.07 Å². The first-order chi connectivity index (χ1) is 7.36. The second-order valence-corrected chi connectivity index (χ2v) is 4.65. The van der Waals surface area contributed by atoms with Crippen molar-refractivity contribution in [2.24, 2.45) is 0 Å². The molecular formula is C12H21NOS. The minimum absolute atomic E-state index is 0.505. The number of nitrogens with one attached hydrogen (secondary N) is 1. The van der Waals surface area contributed by atoms with Gasteiger partial charge in [-0.2, -0.15) is 0 Å². The van der Waals surface area contributed by atoms with Crippen molar-refractivity contribution >= 4 is 11.3 Å². The maximum Gasteiger partial charge on any atom is 0.0619 e. The second-order valence-electron chi connectivity index (χ2n) is 3.62. The van der Waals surface area contributed by atoms with Crippen LogP contribution in [0.25, 0.3) is 0 Å². The zero-order valence-electron chi connectivity index (χ0n) is 9.66. The molecule has 0 fully saturated rings. The molecule has 0 radical (unpaired) electrons. The zero-order valence-corrected chi connectivity index (χ0v) is 10.5. The highest BCUT2D eigenvalue weighted by Gasteiger charge is 2.05. The summed E-state index contributed by atoms with van der Waals surface area (Å²) in [4.78, 5) is 1.49. The third-order valence-electron chi connectivity index (χ3n) is 2.49. The molecule has 1 unspecified atom stereocenters. The molecule has 1 aromatic heterocycles. The third-order valence-corrected chi connectivity index (χ3v) is 3.42. The van der Waals surface area contributed by atoms with Crippen molar-refractivity contribution in [1.82, 2.24) is 5.32 Å². The molecule has 0 saturated heterocycles. The molecule has 0 amide bonds. The quantitative estimate of drug-likeness (QED) is 0.737. The molecule has 0 aliphatic heterocycles. The van der Waals surface area contributed by atoms with E-state index >= 15 is 0 Å². The number of likely N-dealkylation sites (N-methyl/N-ethyl adjacent to an activating group) is 1. The van der Waals surface area contributed by atoms with Gasteiger partial charge in [-0.05, 0) is 44.7 Å². The molecule has 0 spiro atoms. The Labute approximate surface area is 96.7 Å². The van der Waals surface area contributed by atoms with Crippen LogP contribution < -0.4 is 5.32 Å². The Kier molecular flexibility index (Phi) is 6.64. The maximum absolute atomic E-state index is 5.41. The Morgan fingerprint density at radius 3 is 3.00 bits per heavy atom. The maximum atomic E-state index is 5.41. The first kappa shape index (κ1) is 12.7. The van der Waals surface area contributed by atoms with Crippen molar-refractivity contribution in [3.8, 4) is 0 Å². The lowest BCUT2D eigenvalue weighted by atomic mass is 10.1. The fourth-order valence-corrected chi connectivity index (χ4v) is 2.30. The molecular weight excluding hydrogens is 206 g/mol. The van der Waals surface area contributed by atoms with Crippen molar-refractivity contribution in [2.45, 2.75) is 32.2 Å². The van der Waals surface area contributed by atoms with E-state index in [-0.39, 0.29) is 0 Å². The predicted molar refractivity (Wildman–Crippen MR) is 66.6 cm³/mol. The summed E-state index contributed by atoms with van der Waals surface area (Å²) in [5.41, 5.74) is 0. The van der Waals surface area contributed by atoms with E-state index in [2.05, 4.69) is 22.8 Å². The normalized spacial score (nSPS) is 12.9. The Morgan fingerprint density at radius 1 is 1.53 bits per heavy atom. The van der Waals surface area contributed by atoms with Crippen molar-refractivity contribution < 1.29 is 4.74 Å². The molecule has 1 N–H and O–H groups in total. The van der Waals surface area contributed by atoms with Gasteiger partial charge in [0, 0.05) is 17.5 Å². The van der Waals surface area contributed by atoms with Crippen molar-refractivity contribution in [1.29, 1.82) is 0 Å². The van der Waals surface area contributed by atoms with Gasteiger partial charge in [0.05, 0.1) is 6.61 Å². The minimum atomic E-state index is 0.505. The van der Waals surface area contributed by atoms with Crippen LogP contribution >= 0.6 is 11.3 Å². The van der Waals surface area contributed by atoms with Gasteiger partial charge in [0.15, 0.2) is 0 Å². The summed E-state index contributed by atoms with van der Waals surface area (Å²) in [7, 11) is 2.01. The van der Waals surface area contributed by atoms with Crippen LogP contribution in [0.5, 0.6) is 0 Å². The van der Waals surface area contributed by atoms with E-state index in [4.69, 9.17) is 4.74 Å². The van der Waals surface area contributed by atoms with Crippen LogP contribution in [0.2, 0.25) is 0 Å². The fraction of sp³-hybridized carbons (Fsp3) is 0.667. The monoisotopic (exact) mass is 227 g/mol. The molecule has 0 aliphatic carbocycles. The summed E-state index contributed by atoms with van der Waals surface area (Å²) in [6, 6.07) is 4.84. The van der Waals surface area contributed by atoms with Crippen LogP contribution in [0, 0.1) is 0 Å². The molecule has 0 aliphatic rings. The average molecular weight is 227 g/mol. The molecule has 86 valence electrons. The standard InChI is InChI=1S/C12H21NOS/c1-3-14-10-11(13-2)6-4-7-12-8-5-9-15-12/h5,8-9,11,13H,3-4,6-7,10H2,1-2H3. The summed E-state index contributed by atoms with van der Waals surface area (Å²) < 4.78 is 5.41. The Balaban J connectivity index is 2.11. The van der Waals surface area contributed by atoms with E-state index in [1.54, 1.807) is 0 Å². The van der Waals surface area contributed by atoms with Gasteiger partial charge in [0.25, 0.3) is 0 Å². The lowest BCUT2D eigenvalue weighted by Crippen LogP contribution is -2.30. The van der Waals surface area contributed by atoms with E-state index in [0.717, 1.165) is 13.2 Å². The van der Waals surface area contributed by atoms with Gasteiger partial charge >= 0.3 is 0 Å². The number of thiophene rings is 1. The van der Waals surface area contributed by atoms with Crippen LogP contribution in [0.1, 0.15) is 24.6 Å². The zero-order chi connectivity index (χ0) is 10.9. The Morgan fingerprint density at radius 2 is 2.40 bits per heavy atom. The number of aryl methyl sites for hydroxylation is 1. The van der Waals surface area contributed by atoms with Gasteiger partial charge < -0.3 is 10.1 Å². The van der Waals surface area contributed by atoms with Crippen molar-refractivity contribution in [2.75, 3.05) is 20.3 Å². The molecule has 0 bridgehead atoms. The molecule has 1 aromatic rings. The first-order valence-electron chi connectivity index (χ1n) is 5.64. The van der Waals surface area contributed by atoms with Crippen LogP contribution in [0.4, 0.5) is 0 Å². The fourth-order valence-electron chi connectivity index (χ4n) is 1.55. The summed E-state index contributed by atoms with van der Waals surface area (Å²) in [5, 5.41) is 5.44. The van der Waals surface area contributed by atoms with E-state index < -0.39 is 0 Å². The van der Waals surface area contributed by atoms with Gasteiger partial charge in [0.1, 0.15) is 0 Å². The minimum Gasteiger partial charge on any atom is -0.380 e. The predicted octanol–water partition coefficient (Wildman–Crippen LogP) is 2.70. The van der Waals surface area contributed by atoms with Crippen LogP contribution in [-0.2, 0) is 11.2 Å². The first-order valence-corrected chi connectivity index (χ1v) is 6.52. The highest BCUT2D eigenvalue weighted by atomic mass is 32.1. The SMILES string of the molecule is CCOCC(CCCc1cccs1)NC. The number of ether oxygens (including phenoxy) is 1. The smallest absolute Gasteiger partial charge is 0.0619 e. The average Bonchev–Trinajstić information content (AvgIpc) is 2.76. The molecule has 1 heterocycles. The Bertz CT molecular complexity index is 236. The number of hydrogen-bond donors (Lipinski definition) is 1. The van der Waals surface area contributed by atoms with Crippen LogP contribution in [-0.4, -0.2) is 26.3 Å². The summed E-state index contributed by atoms with van der Waals surface area (Å²) in [5.74, 6) is 0. The molecule has 3 heteroatoms. The van der Waals surface area contributed by atoms with Crippen molar-refractivity contribution in [3.63, 3.8) is 0 Å². The largest absolute Gasteiger partial charge is 0.380 e. The van der Waals surface area contributed by atoms with E-state index in [0.29, 0.717) is 6.04 Å². The lowest BCUT2D eigenvalue weighted by molar-refractivity contribution is 0.122. The molecule has 2 nitrogen and oxygen atoms in total. The van der Waals surface area contributed by atoms with Gasteiger partial charge in [-0.15, -0.1) is 11.3 Å². The third kappa shape index (κ3) is 5.30. The number of rotatable bonds is 8. The number of hydrogen-bond acceptors (Lipinski definition) is 3. The summed E-state index contributed by atoms with van der Waals surface area (Å²) in [6.45, 7) is 3.68. The molecule has 0 aromatic carbocycles. The lowest BCUT2D eigenvalue weighted by Gasteiger charge is -2.15. The van der Waals surface area contributed by atoms with Crippen LogP contribution in [0.15, 0.2) is 17.5 Å². The molecule has 1 rings (SSSR count). The highest BCUT2D eigenvalue weighted by Crippen LogP contribution is 2.12. The van der Waals surface area contributed by atoms with E-state index in [9.17, 15) is 0 Å². The molecule has 0 saturated carbocycles. The van der Waals surface area contributed by atoms with Gasteiger partial charge in [-0.25, -0.2) is 0 Å². The van der Waals surface area contributed by atoms with E-state index in [1.165, 1.54) is 24.1 Å². The molecule has 1 atom stereocenters. The summed E-state index contributed by atoms with van der Waals surface area (Å²) >= 11 is 1.85.